The first kappa shape index (κ1) is 17.5. The number of primary sulfonamides is 1. The summed E-state index contributed by atoms with van der Waals surface area (Å²) < 4.78 is 29.0. The zero-order chi connectivity index (χ0) is 18.0. The van der Waals surface area contributed by atoms with Crippen LogP contribution in [0, 0.1) is 0 Å². The number of methoxy groups -OCH3 is 1. The van der Waals surface area contributed by atoms with Crippen LogP contribution in [0.15, 0.2) is 46.0 Å². The number of ether oxygens (including phenoxy) is 1. The third-order valence-corrected chi connectivity index (χ3v) is 4.80. The number of pyridine rings is 1. The summed E-state index contributed by atoms with van der Waals surface area (Å²) in [7, 11) is -2.44. The van der Waals surface area contributed by atoms with Crippen LogP contribution in [0.3, 0.4) is 0 Å². The molecule has 9 nitrogen and oxygen atoms in total. The fourth-order valence-corrected chi connectivity index (χ4v) is 3.45. The molecule has 25 heavy (non-hydrogen) atoms. The zero-order valence-electron chi connectivity index (χ0n) is 13.0. The van der Waals surface area contributed by atoms with Crippen molar-refractivity contribution in [1.82, 2.24) is 25.2 Å². The smallest absolute Gasteiger partial charge is 0.256 e. The lowest BCUT2D eigenvalue weighted by Gasteiger charge is -2.05. The summed E-state index contributed by atoms with van der Waals surface area (Å²) in [4.78, 5) is 5.18. The van der Waals surface area contributed by atoms with Crippen LogP contribution in [0.2, 0.25) is 0 Å². The second-order valence-electron chi connectivity index (χ2n) is 5.01. The second kappa shape index (κ2) is 6.86. The number of tetrazole rings is 1. The minimum absolute atomic E-state index is 0.109. The van der Waals surface area contributed by atoms with Crippen LogP contribution < -0.4 is 9.88 Å². The predicted molar refractivity (Wildman–Crippen MR) is 92.2 cm³/mol. The summed E-state index contributed by atoms with van der Waals surface area (Å²) in [6, 6.07) is 8.97. The molecule has 0 aliphatic carbocycles. The lowest BCUT2D eigenvalue weighted by atomic mass is 10.2. The van der Waals surface area contributed by atoms with Gasteiger partial charge in [0.15, 0.2) is 5.03 Å². The van der Waals surface area contributed by atoms with E-state index in [-0.39, 0.29) is 16.4 Å². The van der Waals surface area contributed by atoms with Crippen molar-refractivity contribution in [3.63, 3.8) is 0 Å². The first-order valence-corrected chi connectivity index (χ1v) is 9.31. The molecule has 1 aromatic carbocycles. The number of hydrogen-bond acceptors (Lipinski definition) is 7. The molecule has 0 saturated heterocycles. The molecule has 0 unspecified atom stereocenters. The number of aromatic nitrogens is 5. The van der Waals surface area contributed by atoms with Gasteiger partial charge in [-0.1, -0.05) is 12.1 Å². The van der Waals surface area contributed by atoms with Gasteiger partial charge in [0.1, 0.15) is 5.75 Å². The molecule has 0 aliphatic rings. The van der Waals surface area contributed by atoms with E-state index in [2.05, 4.69) is 36.3 Å². The van der Waals surface area contributed by atoms with E-state index < -0.39 is 10.0 Å². The Hall–Kier alpha value is -2.37. The van der Waals surface area contributed by atoms with Gasteiger partial charge in [-0.2, -0.15) is 4.80 Å². The average Bonchev–Trinajstić information content (AvgIpc) is 3.02. The maximum atomic E-state index is 11.7. The van der Waals surface area contributed by atoms with Gasteiger partial charge in [0.25, 0.3) is 10.0 Å². The van der Waals surface area contributed by atoms with E-state index in [0.717, 1.165) is 11.3 Å². The molecule has 0 atom stereocenters. The van der Waals surface area contributed by atoms with Crippen LogP contribution in [0.5, 0.6) is 5.75 Å². The minimum atomic E-state index is -4.03. The minimum Gasteiger partial charge on any atom is -0.497 e. The predicted octanol–water partition coefficient (Wildman–Crippen LogP) is 1.20. The quantitative estimate of drug-likeness (QED) is 0.651. The molecule has 0 bridgehead atoms. The van der Waals surface area contributed by atoms with E-state index in [1.165, 1.54) is 11.0 Å². The van der Waals surface area contributed by atoms with Gasteiger partial charge in [0.2, 0.25) is 5.82 Å². The number of rotatable bonds is 5. The van der Waals surface area contributed by atoms with Gasteiger partial charge in [0.05, 0.1) is 19.2 Å². The molecular weight excluding hydrogens is 412 g/mol. The molecule has 130 valence electrons. The molecule has 2 heterocycles. The normalized spacial score (nSPS) is 11.5. The van der Waals surface area contributed by atoms with Crippen LogP contribution in [0.25, 0.3) is 11.4 Å². The molecule has 0 saturated carbocycles. The lowest BCUT2D eigenvalue weighted by Crippen LogP contribution is -2.15. The maximum Gasteiger partial charge on any atom is 0.256 e. The van der Waals surface area contributed by atoms with Crippen LogP contribution in [0.4, 0.5) is 0 Å². The highest BCUT2D eigenvalue weighted by Gasteiger charge is 2.23. The molecule has 0 amide bonds. The molecule has 0 spiro atoms. The Bertz CT molecular complexity index is 1000. The highest BCUT2D eigenvalue weighted by atomic mass is 79.9. The van der Waals surface area contributed by atoms with E-state index >= 15 is 0 Å². The first-order chi connectivity index (χ1) is 11.9. The highest BCUT2D eigenvalue weighted by molar-refractivity contribution is 9.10. The summed E-state index contributed by atoms with van der Waals surface area (Å²) in [5, 5.41) is 17.0. The summed E-state index contributed by atoms with van der Waals surface area (Å²) in [6.07, 6.45) is 1.33. The molecule has 0 fully saturated rings. The maximum absolute atomic E-state index is 11.7. The summed E-state index contributed by atoms with van der Waals surface area (Å²) in [6.45, 7) is 0.361. The molecule has 3 aromatic rings. The fourth-order valence-electron chi connectivity index (χ4n) is 2.14. The Morgan fingerprint density at radius 3 is 2.60 bits per heavy atom. The van der Waals surface area contributed by atoms with Crippen molar-refractivity contribution in [3.8, 4) is 17.1 Å². The Balaban J connectivity index is 1.94. The fraction of sp³-hybridized carbons (Fsp3) is 0.143. The van der Waals surface area contributed by atoms with Gasteiger partial charge in [-0.3, -0.25) is 0 Å². The van der Waals surface area contributed by atoms with Crippen LogP contribution in [-0.2, 0) is 16.6 Å². The summed E-state index contributed by atoms with van der Waals surface area (Å²) >= 11 is 3.28. The molecule has 2 N–H and O–H groups in total. The molecule has 2 aromatic heterocycles. The molecule has 11 heteroatoms. The topological polar surface area (TPSA) is 126 Å². The van der Waals surface area contributed by atoms with Crippen molar-refractivity contribution < 1.29 is 13.2 Å². The van der Waals surface area contributed by atoms with Crippen LogP contribution >= 0.6 is 15.9 Å². The number of nitrogens with zero attached hydrogens (tertiary/aromatic N) is 5. The van der Waals surface area contributed by atoms with E-state index in [1.54, 1.807) is 13.2 Å². The Labute approximate surface area is 152 Å². The second-order valence-corrected chi connectivity index (χ2v) is 7.34. The largest absolute Gasteiger partial charge is 0.497 e. The van der Waals surface area contributed by atoms with E-state index in [9.17, 15) is 8.42 Å². The summed E-state index contributed by atoms with van der Waals surface area (Å²) in [5.41, 5.74) is 1.10. The molecule has 0 radical (unpaired) electrons. The van der Waals surface area contributed by atoms with Crippen molar-refractivity contribution in [2.24, 2.45) is 5.14 Å². The number of benzene rings is 1. The third-order valence-electron chi connectivity index (χ3n) is 3.29. The lowest BCUT2D eigenvalue weighted by molar-refractivity contribution is 0.414. The van der Waals surface area contributed by atoms with Gasteiger partial charge in [-0.15, -0.1) is 10.2 Å². The van der Waals surface area contributed by atoms with Crippen molar-refractivity contribution in [2.75, 3.05) is 7.11 Å². The van der Waals surface area contributed by atoms with E-state index in [4.69, 9.17) is 9.88 Å². The Kier molecular flexibility index (Phi) is 4.79. The van der Waals surface area contributed by atoms with Gasteiger partial charge in [0, 0.05) is 10.7 Å². The van der Waals surface area contributed by atoms with Crippen LogP contribution in [0.1, 0.15) is 5.56 Å². The number of halogens is 1. The molecule has 0 aliphatic heterocycles. The zero-order valence-corrected chi connectivity index (χ0v) is 15.4. The van der Waals surface area contributed by atoms with Crippen molar-refractivity contribution in [3.05, 3.63) is 46.6 Å². The Morgan fingerprint density at radius 2 is 1.96 bits per heavy atom. The number of sulfonamides is 1. The van der Waals surface area contributed by atoms with Crippen molar-refractivity contribution >= 4 is 26.0 Å². The number of hydrogen-bond donors (Lipinski definition) is 1. The number of nitrogens with two attached hydrogens (primary N) is 1. The first-order valence-electron chi connectivity index (χ1n) is 6.97. The highest BCUT2D eigenvalue weighted by Crippen LogP contribution is 2.29. The third kappa shape index (κ3) is 3.83. The van der Waals surface area contributed by atoms with Gasteiger partial charge in [-0.05, 0) is 44.9 Å². The van der Waals surface area contributed by atoms with Gasteiger partial charge in [-0.25, -0.2) is 18.5 Å². The summed E-state index contributed by atoms with van der Waals surface area (Å²) in [5.74, 6) is 0.852. The van der Waals surface area contributed by atoms with Gasteiger partial charge < -0.3 is 4.74 Å². The van der Waals surface area contributed by atoms with Gasteiger partial charge >= 0.3 is 0 Å². The standard InChI is InChI=1S/C14H13BrN6O3S/c1-24-10-4-2-9(3-5-10)8-21-19-13(18-20-21)12-11(15)6-7-17-14(12)25(16,22)23/h2-7H,8H2,1H3,(H2,16,22,23). The van der Waals surface area contributed by atoms with E-state index in [1.807, 2.05) is 24.3 Å². The monoisotopic (exact) mass is 424 g/mol. The Morgan fingerprint density at radius 1 is 1.24 bits per heavy atom. The molecule has 3 rings (SSSR count). The van der Waals surface area contributed by atoms with Crippen molar-refractivity contribution in [1.29, 1.82) is 0 Å². The van der Waals surface area contributed by atoms with Crippen molar-refractivity contribution in [2.45, 2.75) is 11.6 Å². The van der Waals surface area contributed by atoms with E-state index in [0.29, 0.717) is 11.0 Å². The molecular formula is C14H13BrN6O3S. The SMILES string of the molecule is COc1ccc(Cn2nnc(-c3c(Br)ccnc3S(N)(=O)=O)n2)cc1. The van der Waals surface area contributed by atoms with Crippen LogP contribution in [-0.4, -0.2) is 40.7 Å². The average molecular weight is 425 g/mol.